The van der Waals surface area contributed by atoms with Crippen molar-refractivity contribution in [1.82, 2.24) is 9.88 Å². The van der Waals surface area contributed by atoms with E-state index < -0.39 is 0 Å². The molecule has 6 nitrogen and oxygen atoms in total. The van der Waals surface area contributed by atoms with Gasteiger partial charge >= 0.3 is 0 Å². The Morgan fingerprint density at radius 2 is 1.92 bits per heavy atom. The SMILES string of the molecule is Cc1ccc(-c2nc(C)c(C(=O)N3CCC(C4OCCO4)CC3)s2)o1. The van der Waals surface area contributed by atoms with Crippen LogP contribution in [0.3, 0.4) is 0 Å². The van der Waals surface area contributed by atoms with Gasteiger partial charge in [-0.25, -0.2) is 4.98 Å². The first-order chi connectivity index (χ1) is 12.1. The zero-order chi connectivity index (χ0) is 17.4. The largest absolute Gasteiger partial charge is 0.459 e. The van der Waals surface area contributed by atoms with Gasteiger partial charge in [-0.2, -0.15) is 0 Å². The molecule has 0 aliphatic carbocycles. The van der Waals surface area contributed by atoms with Crippen LogP contribution in [0.2, 0.25) is 0 Å². The summed E-state index contributed by atoms with van der Waals surface area (Å²) in [5.41, 5.74) is 0.767. The number of hydrogen-bond donors (Lipinski definition) is 0. The third-order valence-corrected chi connectivity index (χ3v) is 5.96. The molecule has 0 spiro atoms. The lowest BCUT2D eigenvalue weighted by Crippen LogP contribution is -2.41. The summed E-state index contributed by atoms with van der Waals surface area (Å²) in [4.78, 5) is 20.1. The van der Waals surface area contributed by atoms with Crippen molar-refractivity contribution in [2.24, 2.45) is 5.92 Å². The van der Waals surface area contributed by atoms with Crippen LogP contribution in [0.25, 0.3) is 10.8 Å². The fourth-order valence-electron chi connectivity index (χ4n) is 3.42. The number of amides is 1. The molecule has 1 amide bonds. The van der Waals surface area contributed by atoms with Gasteiger partial charge in [0, 0.05) is 19.0 Å². The molecular formula is C18H22N2O4S. The van der Waals surface area contributed by atoms with Crippen molar-refractivity contribution >= 4 is 17.2 Å². The first kappa shape index (κ1) is 16.8. The standard InChI is InChI=1S/C18H22N2O4S/c1-11-3-4-14(24-11)16-19-12(2)15(25-16)17(21)20-7-5-13(6-8-20)18-22-9-10-23-18/h3-4,13,18H,5-10H2,1-2H3. The van der Waals surface area contributed by atoms with Crippen LogP contribution >= 0.6 is 11.3 Å². The molecule has 0 N–H and O–H groups in total. The second-order valence-electron chi connectivity index (χ2n) is 6.58. The Labute approximate surface area is 150 Å². The molecule has 0 unspecified atom stereocenters. The highest BCUT2D eigenvalue weighted by Gasteiger charge is 2.33. The van der Waals surface area contributed by atoms with Crippen LogP contribution in [0.1, 0.15) is 34.0 Å². The van der Waals surface area contributed by atoms with Gasteiger partial charge in [0.15, 0.2) is 17.1 Å². The Morgan fingerprint density at radius 3 is 2.56 bits per heavy atom. The van der Waals surface area contributed by atoms with E-state index in [1.165, 1.54) is 11.3 Å². The van der Waals surface area contributed by atoms with E-state index in [4.69, 9.17) is 13.9 Å². The van der Waals surface area contributed by atoms with Gasteiger partial charge in [-0.05, 0) is 38.8 Å². The number of hydrogen-bond acceptors (Lipinski definition) is 6. The summed E-state index contributed by atoms with van der Waals surface area (Å²) in [7, 11) is 0. The Kier molecular flexibility index (Phi) is 4.62. The lowest BCUT2D eigenvalue weighted by molar-refractivity contribution is -0.0956. The number of ether oxygens (including phenoxy) is 2. The molecule has 2 aromatic heterocycles. The maximum absolute atomic E-state index is 12.9. The molecule has 2 fully saturated rings. The second kappa shape index (κ2) is 6.90. The van der Waals surface area contributed by atoms with Gasteiger partial charge < -0.3 is 18.8 Å². The third kappa shape index (κ3) is 3.36. The number of carbonyl (C=O) groups excluding carboxylic acids is 1. The average molecular weight is 362 g/mol. The number of piperidine rings is 1. The Bertz CT molecular complexity index is 755. The van der Waals surface area contributed by atoms with E-state index >= 15 is 0 Å². The van der Waals surface area contributed by atoms with Crippen molar-refractivity contribution in [1.29, 1.82) is 0 Å². The minimum atomic E-state index is -0.0869. The molecule has 2 aliphatic rings. The summed E-state index contributed by atoms with van der Waals surface area (Å²) in [6.45, 7) is 6.62. The maximum Gasteiger partial charge on any atom is 0.265 e. The summed E-state index contributed by atoms with van der Waals surface area (Å²) >= 11 is 1.41. The van der Waals surface area contributed by atoms with E-state index in [1.807, 2.05) is 30.9 Å². The topological polar surface area (TPSA) is 64.8 Å². The summed E-state index contributed by atoms with van der Waals surface area (Å²) in [5, 5.41) is 0.761. The van der Waals surface area contributed by atoms with Crippen LogP contribution < -0.4 is 0 Å². The molecular weight excluding hydrogens is 340 g/mol. The smallest absolute Gasteiger partial charge is 0.265 e. The molecule has 7 heteroatoms. The van der Waals surface area contributed by atoms with Gasteiger partial charge in [0.2, 0.25) is 0 Å². The van der Waals surface area contributed by atoms with Gasteiger partial charge in [0.1, 0.15) is 10.6 Å². The number of carbonyl (C=O) groups is 1. The van der Waals surface area contributed by atoms with Crippen molar-refractivity contribution in [3.05, 3.63) is 28.5 Å². The first-order valence-corrected chi connectivity index (χ1v) is 9.50. The minimum Gasteiger partial charge on any atom is -0.459 e. The van der Waals surface area contributed by atoms with Crippen LogP contribution in [-0.4, -0.2) is 48.4 Å². The van der Waals surface area contributed by atoms with Crippen molar-refractivity contribution in [3.8, 4) is 10.8 Å². The van der Waals surface area contributed by atoms with E-state index in [0.29, 0.717) is 24.0 Å². The highest BCUT2D eigenvalue weighted by Crippen LogP contribution is 2.32. The third-order valence-electron chi connectivity index (χ3n) is 4.80. The van der Waals surface area contributed by atoms with Gasteiger partial charge in [-0.15, -0.1) is 11.3 Å². The molecule has 0 radical (unpaired) electrons. The average Bonchev–Trinajstić information content (AvgIpc) is 3.35. The molecule has 0 bridgehead atoms. The second-order valence-corrected chi connectivity index (χ2v) is 7.58. The lowest BCUT2D eigenvalue weighted by Gasteiger charge is -2.33. The molecule has 2 aliphatic heterocycles. The van der Waals surface area contributed by atoms with Gasteiger partial charge in [-0.3, -0.25) is 4.79 Å². The summed E-state index contributed by atoms with van der Waals surface area (Å²) in [6, 6.07) is 3.81. The summed E-state index contributed by atoms with van der Waals surface area (Å²) in [5.74, 6) is 2.01. The summed E-state index contributed by atoms with van der Waals surface area (Å²) < 4.78 is 16.8. The Morgan fingerprint density at radius 1 is 1.20 bits per heavy atom. The first-order valence-electron chi connectivity index (χ1n) is 8.68. The maximum atomic E-state index is 12.9. The Balaban J connectivity index is 1.44. The molecule has 4 rings (SSSR count). The van der Waals surface area contributed by atoms with E-state index in [0.717, 1.165) is 48.2 Å². The van der Waals surface area contributed by atoms with E-state index in [2.05, 4.69) is 4.98 Å². The van der Waals surface area contributed by atoms with Crippen LogP contribution in [0.4, 0.5) is 0 Å². The number of thiazole rings is 1. The van der Waals surface area contributed by atoms with Crippen LogP contribution in [0.5, 0.6) is 0 Å². The molecule has 2 aromatic rings. The van der Waals surface area contributed by atoms with Gasteiger partial charge in [0.05, 0.1) is 18.9 Å². The molecule has 0 atom stereocenters. The van der Waals surface area contributed by atoms with Crippen molar-refractivity contribution in [2.75, 3.05) is 26.3 Å². The van der Waals surface area contributed by atoms with Crippen LogP contribution in [0, 0.1) is 19.8 Å². The summed E-state index contributed by atoms with van der Waals surface area (Å²) in [6.07, 6.45) is 1.74. The fourth-order valence-corrected chi connectivity index (χ4v) is 4.41. The minimum absolute atomic E-state index is 0.0660. The number of rotatable bonds is 3. The monoisotopic (exact) mass is 362 g/mol. The van der Waals surface area contributed by atoms with Gasteiger partial charge in [0.25, 0.3) is 5.91 Å². The van der Waals surface area contributed by atoms with Crippen molar-refractivity contribution < 1.29 is 18.7 Å². The molecule has 25 heavy (non-hydrogen) atoms. The lowest BCUT2D eigenvalue weighted by atomic mass is 9.96. The van der Waals surface area contributed by atoms with Crippen molar-refractivity contribution in [2.45, 2.75) is 33.0 Å². The van der Waals surface area contributed by atoms with E-state index in [1.54, 1.807) is 0 Å². The Hall–Kier alpha value is -1.70. The molecule has 0 aromatic carbocycles. The normalized spacial score (nSPS) is 19.7. The van der Waals surface area contributed by atoms with Crippen LogP contribution in [0.15, 0.2) is 16.5 Å². The molecule has 0 saturated carbocycles. The van der Waals surface area contributed by atoms with E-state index in [-0.39, 0.29) is 12.2 Å². The quantitative estimate of drug-likeness (QED) is 0.839. The zero-order valence-corrected chi connectivity index (χ0v) is 15.3. The highest BCUT2D eigenvalue weighted by molar-refractivity contribution is 7.17. The number of likely N-dealkylation sites (tertiary alicyclic amines) is 1. The van der Waals surface area contributed by atoms with Gasteiger partial charge in [-0.1, -0.05) is 0 Å². The predicted molar refractivity (Wildman–Crippen MR) is 93.6 cm³/mol. The predicted octanol–water partition coefficient (Wildman–Crippen LogP) is 3.25. The highest BCUT2D eigenvalue weighted by atomic mass is 32.1. The molecule has 134 valence electrons. The number of aryl methyl sites for hydroxylation is 2. The molecule has 4 heterocycles. The fraction of sp³-hybridized carbons (Fsp3) is 0.556. The number of furan rings is 1. The van der Waals surface area contributed by atoms with E-state index in [9.17, 15) is 4.79 Å². The molecule has 2 saturated heterocycles. The zero-order valence-electron chi connectivity index (χ0n) is 14.5. The van der Waals surface area contributed by atoms with Crippen molar-refractivity contribution in [3.63, 3.8) is 0 Å². The number of nitrogens with zero attached hydrogens (tertiary/aromatic N) is 2. The van der Waals surface area contributed by atoms with Crippen LogP contribution in [-0.2, 0) is 9.47 Å². The number of aromatic nitrogens is 1.